The Morgan fingerprint density at radius 2 is 2.45 bits per heavy atom. The topological polar surface area (TPSA) is 59.4 Å². The molecule has 1 aromatic rings. The molecule has 3 heteroatoms. The minimum atomic E-state index is -0.849. The molecule has 3 N–H and O–H groups in total. The summed E-state index contributed by atoms with van der Waals surface area (Å²) in [7, 11) is 0. The van der Waals surface area contributed by atoms with E-state index in [9.17, 15) is 5.11 Å². The molecule has 0 spiro atoms. The van der Waals surface area contributed by atoms with Gasteiger partial charge < -0.3 is 15.3 Å². The average molecular weight is 155 g/mol. The minimum Gasteiger partial charge on any atom is -0.469 e. The van der Waals surface area contributed by atoms with Gasteiger partial charge in [0, 0.05) is 13.0 Å². The van der Waals surface area contributed by atoms with Crippen molar-refractivity contribution in [3.05, 3.63) is 24.2 Å². The highest BCUT2D eigenvalue weighted by molar-refractivity contribution is 5.02. The predicted octanol–water partition coefficient (Wildman–Crippen LogP) is 0.532. The van der Waals surface area contributed by atoms with E-state index >= 15 is 0 Å². The van der Waals surface area contributed by atoms with Crippen LogP contribution < -0.4 is 5.73 Å². The lowest BCUT2D eigenvalue weighted by atomic mass is 10.0. The Morgan fingerprint density at radius 1 is 1.73 bits per heavy atom. The Morgan fingerprint density at radius 3 is 2.91 bits per heavy atom. The fraction of sp³-hybridized carbons (Fsp3) is 0.500. The SMILES string of the molecule is C[C@](O)(CN)Cc1ccco1. The molecule has 1 aromatic heterocycles. The number of hydrogen-bond donors (Lipinski definition) is 2. The van der Waals surface area contributed by atoms with E-state index in [2.05, 4.69) is 0 Å². The summed E-state index contributed by atoms with van der Waals surface area (Å²) in [4.78, 5) is 0. The maximum Gasteiger partial charge on any atom is 0.106 e. The lowest BCUT2D eigenvalue weighted by Gasteiger charge is -2.18. The van der Waals surface area contributed by atoms with E-state index in [0.29, 0.717) is 6.42 Å². The van der Waals surface area contributed by atoms with Gasteiger partial charge in [0.1, 0.15) is 5.76 Å². The van der Waals surface area contributed by atoms with Crippen molar-refractivity contribution < 1.29 is 9.52 Å². The van der Waals surface area contributed by atoms with Crippen LogP contribution in [-0.2, 0) is 6.42 Å². The first kappa shape index (κ1) is 8.30. The summed E-state index contributed by atoms with van der Waals surface area (Å²) in [5.41, 5.74) is 4.48. The van der Waals surface area contributed by atoms with Crippen LogP contribution in [0.25, 0.3) is 0 Å². The molecule has 0 aliphatic heterocycles. The molecular formula is C8H13NO2. The zero-order valence-electron chi connectivity index (χ0n) is 6.58. The van der Waals surface area contributed by atoms with Crippen molar-refractivity contribution >= 4 is 0 Å². The molecule has 0 unspecified atom stereocenters. The molecule has 0 saturated carbocycles. The Balaban J connectivity index is 2.56. The first-order valence-electron chi connectivity index (χ1n) is 3.59. The van der Waals surface area contributed by atoms with E-state index in [1.165, 1.54) is 0 Å². The molecule has 1 atom stereocenters. The minimum absolute atomic E-state index is 0.244. The molecule has 0 saturated heterocycles. The highest BCUT2D eigenvalue weighted by Gasteiger charge is 2.19. The molecule has 0 aliphatic carbocycles. The van der Waals surface area contributed by atoms with Gasteiger partial charge in [0.2, 0.25) is 0 Å². The van der Waals surface area contributed by atoms with Crippen molar-refractivity contribution in [3.63, 3.8) is 0 Å². The van der Waals surface area contributed by atoms with Crippen LogP contribution in [-0.4, -0.2) is 17.3 Å². The molecule has 0 bridgehead atoms. The maximum absolute atomic E-state index is 9.51. The Bertz CT molecular complexity index is 204. The van der Waals surface area contributed by atoms with Crippen LogP contribution in [0.5, 0.6) is 0 Å². The second-order valence-corrected chi connectivity index (χ2v) is 2.96. The smallest absolute Gasteiger partial charge is 0.106 e. The number of aliphatic hydroxyl groups is 1. The van der Waals surface area contributed by atoms with Crippen molar-refractivity contribution in [1.29, 1.82) is 0 Å². The summed E-state index contributed by atoms with van der Waals surface area (Å²) >= 11 is 0. The molecule has 0 fully saturated rings. The summed E-state index contributed by atoms with van der Waals surface area (Å²) in [6, 6.07) is 3.62. The van der Waals surface area contributed by atoms with Crippen LogP contribution in [0, 0.1) is 0 Å². The fourth-order valence-corrected chi connectivity index (χ4v) is 0.861. The van der Waals surface area contributed by atoms with Crippen LogP contribution in [0.1, 0.15) is 12.7 Å². The quantitative estimate of drug-likeness (QED) is 0.669. The number of furan rings is 1. The van der Waals surface area contributed by atoms with Gasteiger partial charge in [-0.25, -0.2) is 0 Å². The normalized spacial score (nSPS) is 16.3. The van der Waals surface area contributed by atoms with E-state index in [1.54, 1.807) is 19.3 Å². The zero-order valence-corrected chi connectivity index (χ0v) is 6.58. The lowest BCUT2D eigenvalue weighted by Crippen LogP contribution is -2.36. The van der Waals surface area contributed by atoms with Gasteiger partial charge in [-0.1, -0.05) is 0 Å². The molecule has 1 rings (SSSR count). The van der Waals surface area contributed by atoms with E-state index < -0.39 is 5.60 Å². The third kappa shape index (κ3) is 2.37. The van der Waals surface area contributed by atoms with Crippen LogP contribution in [0.2, 0.25) is 0 Å². The fourth-order valence-electron chi connectivity index (χ4n) is 0.861. The number of nitrogens with two attached hydrogens (primary N) is 1. The molecule has 0 aliphatic rings. The second kappa shape index (κ2) is 3.07. The first-order valence-corrected chi connectivity index (χ1v) is 3.59. The zero-order chi connectivity index (χ0) is 8.32. The van der Waals surface area contributed by atoms with Gasteiger partial charge in [0.05, 0.1) is 11.9 Å². The average Bonchev–Trinajstić information content (AvgIpc) is 2.39. The molecule has 0 amide bonds. The molecule has 62 valence electrons. The molecule has 0 radical (unpaired) electrons. The number of rotatable bonds is 3. The third-order valence-corrected chi connectivity index (χ3v) is 1.57. The molecule has 1 heterocycles. The van der Waals surface area contributed by atoms with Crippen molar-refractivity contribution in [2.24, 2.45) is 5.73 Å². The highest BCUT2D eigenvalue weighted by atomic mass is 16.3. The van der Waals surface area contributed by atoms with Gasteiger partial charge >= 0.3 is 0 Å². The van der Waals surface area contributed by atoms with Gasteiger partial charge in [-0.15, -0.1) is 0 Å². The van der Waals surface area contributed by atoms with Gasteiger partial charge in [-0.05, 0) is 19.1 Å². The molecule has 11 heavy (non-hydrogen) atoms. The standard InChI is InChI=1S/C8H13NO2/c1-8(10,6-9)5-7-3-2-4-11-7/h2-4,10H,5-6,9H2,1H3/t8-/m1/s1. The van der Waals surface area contributed by atoms with Crippen LogP contribution >= 0.6 is 0 Å². The van der Waals surface area contributed by atoms with Crippen molar-refractivity contribution in [2.75, 3.05) is 6.54 Å². The summed E-state index contributed by atoms with van der Waals surface area (Å²) in [5, 5.41) is 9.51. The summed E-state index contributed by atoms with van der Waals surface area (Å²) < 4.78 is 5.06. The summed E-state index contributed by atoms with van der Waals surface area (Å²) in [6.45, 7) is 1.93. The highest BCUT2D eigenvalue weighted by Crippen LogP contribution is 2.11. The van der Waals surface area contributed by atoms with E-state index in [-0.39, 0.29) is 6.54 Å². The first-order chi connectivity index (χ1) is 5.14. The van der Waals surface area contributed by atoms with Gasteiger partial charge in [0.15, 0.2) is 0 Å². The predicted molar refractivity (Wildman–Crippen MR) is 42.1 cm³/mol. The van der Waals surface area contributed by atoms with Crippen molar-refractivity contribution in [1.82, 2.24) is 0 Å². The Labute approximate surface area is 65.8 Å². The Hall–Kier alpha value is -0.800. The van der Waals surface area contributed by atoms with E-state index in [0.717, 1.165) is 5.76 Å². The molecular weight excluding hydrogens is 142 g/mol. The third-order valence-electron chi connectivity index (χ3n) is 1.57. The second-order valence-electron chi connectivity index (χ2n) is 2.96. The maximum atomic E-state index is 9.51. The monoisotopic (exact) mass is 155 g/mol. The number of hydrogen-bond acceptors (Lipinski definition) is 3. The van der Waals surface area contributed by atoms with E-state index in [1.807, 2.05) is 6.07 Å². The van der Waals surface area contributed by atoms with Gasteiger partial charge in [0.25, 0.3) is 0 Å². The van der Waals surface area contributed by atoms with Gasteiger partial charge in [-0.3, -0.25) is 0 Å². The van der Waals surface area contributed by atoms with Crippen molar-refractivity contribution in [3.8, 4) is 0 Å². The Kier molecular flexibility index (Phi) is 2.31. The van der Waals surface area contributed by atoms with E-state index in [4.69, 9.17) is 10.2 Å². The molecule has 0 aromatic carbocycles. The van der Waals surface area contributed by atoms with Crippen molar-refractivity contribution in [2.45, 2.75) is 18.9 Å². The largest absolute Gasteiger partial charge is 0.469 e. The molecule has 3 nitrogen and oxygen atoms in total. The summed E-state index contributed by atoms with van der Waals surface area (Å²) in [5.74, 6) is 0.764. The van der Waals surface area contributed by atoms with Gasteiger partial charge in [-0.2, -0.15) is 0 Å². The summed E-state index contributed by atoms with van der Waals surface area (Å²) in [6.07, 6.45) is 2.05. The van der Waals surface area contributed by atoms with Crippen LogP contribution in [0.15, 0.2) is 22.8 Å². The van der Waals surface area contributed by atoms with Crippen LogP contribution in [0.4, 0.5) is 0 Å². The lowest BCUT2D eigenvalue weighted by molar-refractivity contribution is 0.0642. The van der Waals surface area contributed by atoms with Crippen LogP contribution in [0.3, 0.4) is 0 Å².